The van der Waals surface area contributed by atoms with Crippen LogP contribution in [-0.2, 0) is 9.59 Å². The second-order valence-electron chi connectivity index (χ2n) is 11.1. The number of hydrogen-bond donors (Lipinski definition) is 0. The van der Waals surface area contributed by atoms with Crippen molar-refractivity contribution in [1.82, 2.24) is 9.80 Å². The highest BCUT2D eigenvalue weighted by molar-refractivity contribution is 5.84. The van der Waals surface area contributed by atoms with Crippen LogP contribution in [-0.4, -0.2) is 68.0 Å². The van der Waals surface area contributed by atoms with Gasteiger partial charge in [0.15, 0.2) is 0 Å². The molecule has 0 saturated carbocycles. The highest BCUT2D eigenvalue weighted by atomic mass is 16.5. The number of anilines is 1. The van der Waals surface area contributed by atoms with Gasteiger partial charge in [-0.05, 0) is 30.0 Å². The van der Waals surface area contributed by atoms with Gasteiger partial charge in [0.2, 0.25) is 11.8 Å². The smallest absolute Gasteiger partial charge is 0.228 e. The van der Waals surface area contributed by atoms with Crippen LogP contribution in [0.4, 0.5) is 5.69 Å². The Hall–Kier alpha value is -3.02. The maximum absolute atomic E-state index is 13.8. The predicted molar refractivity (Wildman–Crippen MR) is 140 cm³/mol. The molecule has 2 saturated heterocycles. The van der Waals surface area contributed by atoms with E-state index in [0.29, 0.717) is 32.6 Å². The summed E-state index contributed by atoms with van der Waals surface area (Å²) in [5.41, 5.74) is 3.34. The number of likely N-dealkylation sites (tertiary alicyclic amines) is 1. The zero-order valence-corrected chi connectivity index (χ0v) is 21.8. The normalized spacial score (nSPS) is 20.8. The van der Waals surface area contributed by atoms with Gasteiger partial charge in [0.1, 0.15) is 5.75 Å². The van der Waals surface area contributed by atoms with Gasteiger partial charge < -0.3 is 19.4 Å². The zero-order chi connectivity index (χ0) is 25.2. The number of hydrogen-bond acceptors (Lipinski definition) is 4. The van der Waals surface area contributed by atoms with Gasteiger partial charge in [0.05, 0.1) is 18.7 Å². The fraction of sp³-hybridized carbons (Fsp3) is 0.517. The SMILES string of the molecule is COc1ccccc1N1CCN(C(=O)C2CN(C(=O)CC(C)(C)C)CC2c2ccc(C)cc2)CC1. The topological polar surface area (TPSA) is 53.1 Å². The monoisotopic (exact) mass is 477 g/mol. The van der Waals surface area contributed by atoms with Gasteiger partial charge in [0.25, 0.3) is 0 Å². The maximum atomic E-state index is 13.8. The van der Waals surface area contributed by atoms with Crippen molar-refractivity contribution >= 4 is 17.5 Å². The van der Waals surface area contributed by atoms with Crippen LogP contribution in [0, 0.1) is 18.3 Å². The summed E-state index contributed by atoms with van der Waals surface area (Å²) < 4.78 is 5.53. The maximum Gasteiger partial charge on any atom is 0.228 e. The molecule has 35 heavy (non-hydrogen) atoms. The van der Waals surface area contributed by atoms with Crippen LogP contribution >= 0.6 is 0 Å². The molecule has 0 aliphatic carbocycles. The molecule has 2 atom stereocenters. The van der Waals surface area contributed by atoms with Crippen LogP contribution in [0.25, 0.3) is 0 Å². The van der Waals surface area contributed by atoms with Crippen molar-refractivity contribution in [3.05, 3.63) is 59.7 Å². The molecule has 0 N–H and O–H groups in total. The van der Waals surface area contributed by atoms with Gasteiger partial charge in [-0.3, -0.25) is 9.59 Å². The summed E-state index contributed by atoms with van der Waals surface area (Å²) in [6, 6.07) is 16.5. The Morgan fingerprint density at radius 1 is 0.914 bits per heavy atom. The lowest BCUT2D eigenvalue weighted by Crippen LogP contribution is -2.51. The fourth-order valence-corrected chi connectivity index (χ4v) is 5.27. The van der Waals surface area contributed by atoms with E-state index in [1.165, 1.54) is 5.56 Å². The molecule has 2 amide bonds. The quantitative estimate of drug-likeness (QED) is 0.643. The standard InChI is InChI=1S/C29H39N3O3/c1-21-10-12-22(13-11-21)23-19-32(27(33)18-29(2,3)4)20-24(23)28(34)31-16-14-30(15-17-31)25-8-6-7-9-26(25)35-5/h6-13,23-24H,14-20H2,1-5H3. The molecule has 4 rings (SSSR count). The van der Waals surface area contributed by atoms with Crippen LogP contribution in [0.3, 0.4) is 0 Å². The molecule has 2 aromatic carbocycles. The number of ether oxygens (including phenoxy) is 1. The third-order valence-electron chi connectivity index (χ3n) is 7.19. The van der Waals surface area contributed by atoms with Crippen molar-refractivity contribution < 1.29 is 14.3 Å². The average molecular weight is 478 g/mol. The number of aryl methyl sites for hydroxylation is 1. The first kappa shape index (κ1) is 25.1. The van der Waals surface area contributed by atoms with Gasteiger partial charge in [-0.15, -0.1) is 0 Å². The van der Waals surface area contributed by atoms with Crippen molar-refractivity contribution in [2.24, 2.45) is 11.3 Å². The number of carbonyl (C=O) groups excluding carboxylic acids is 2. The number of benzene rings is 2. The van der Waals surface area contributed by atoms with Gasteiger partial charge >= 0.3 is 0 Å². The first-order chi connectivity index (χ1) is 16.7. The largest absolute Gasteiger partial charge is 0.495 e. The van der Waals surface area contributed by atoms with Gasteiger partial charge in [0, 0.05) is 51.6 Å². The molecule has 2 fully saturated rings. The molecule has 188 valence electrons. The minimum absolute atomic E-state index is 0.0271. The fourth-order valence-electron chi connectivity index (χ4n) is 5.27. The van der Waals surface area contributed by atoms with E-state index in [-0.39, 0.29) is 29.1 Å². The van der Waals surface area contributed by atoms with Crippen LogP contribution in [0.5, 0.6) is 5.75 Å². The van der Waals surface area contributed by atoms with Crippen molar-refractivity contribution in [1.29, 1.82) is 0 Å². The van der Waals surface area contributed by atoms with E-state index in [9.17, 15) is 9.59 Å². The first-order valence-electron chi connectivity index (χ1n) is 12.7. The Morgan fingerprint density at radius 3 is 2.20 bits per heavy atom. The van der Waals surface area contributed by atoms with Crippen LogP contribution < -0.4 is 9.64 Å². The highest BCUT2D eigenvalue weighted by Gasteiger charge is 2.43. The summed E-state index contributed by atoms with van der Waals surface area (Å²) in [6.45, 7) is 12.3. The summed E-state index contributed by atoms with van der Waals surface area (Å²) in [7, 11) is 1.69. The first-order valence-corrected chi connectivity index (χ1v) is 12.7. The molecular weight excluding hydrogens is 438 g/mol. The molecule has 2 aliphatic rings. The van der Waals surface area contributed by atoms with E-state index in [1.807, 2.05) is 28.0 Å². The molecule has 2 unspecified atom stereocenters. The van der Waals surface area contributed by atoms with E-state index in [2.05, 4.69) is 62.9 Å². The van der Waals surface area contributed by atoms with Gasteiger partial charge in [-0.25, -0.2) is 0 Å². The Kier molecular flexibility index (Phi) is 7.39. The molecule has 2 aromatic rings. The Labute approximate surface area is 209 Å². The van der Waals surface area contributed by atoms with Gasteiger partial charge in [-0.2, -0.15) is 0 Å². The summed E-state index contributed by atoms with van der Waals surface area (Å²) in [4.78, 5) is 33.1. The predicted octanol–water partition coefficient (Wildman–Crippen LogP) is 4.33. The molecular formula is C29H39N3O3. The lowest BCUT2D eigenvalue weighted by molar-refractivity contribution is -0.136. The average Bonchev–Trinajstić information content (AvgIpc) is 3.29. The highest BCUT2D eigenvalue weighted by Crippen LogP contribution is 2.36. The summed E-state index contributed by atoms with van der Waals surface area (Å²) >= 11 is 0. The Morgan fingerprint density at radius 2 is 1.57 bits per heavy atom. The Balaban J connectivity index is 1.49. The van der Waals surface area contributed by atoms with E-state index >= 15 is 0 Å². The number of carbonyl (C=O) groups is 2. The van der Waals surface area contributed by atoms with Crippen molar-refractivity contribution in [2.75, 3.05) is 51.3 Å². The minimum Gasteiger partial charge on any atom is -0.495 e. The molecule has 6 heteroatoms. The lowest BCUT2D eigenvalue weighted by Gasteiger charge is -2.38. The molecule has 2 aliphatic heterocycles. The number of rotatable bonds is 5. The molecule has 0 aromatic heterocycles. The van der Waals surface area contributed by atoms with E-state index in [0.717, 1.165) is 30.1 Å². The van der Waals surface area contributed by atoms with E-state index in [1.54, 1.807) is 7.11 Å². The van der Waals surface area contributed by atoms with Crippen molar-refractivity contribution in [3.8, 4) is 5.75 Å². The van der Waals surface area contributed by atoms with Crippen LogP contribution in [0.2, 0.25) is 0 Å². The van der Waals surface area contributed by atoms with Crippen LogP contribution in [0.15, 0.2) is 48.5 Å². The number of nitrogens with zero attached hydrogens (tertiary/aromatic N) is 3. The van der Waals surface area contributed by atoms with E-state index in [4.69, 9.17) is 4.74 Å². The van der Waals surface area contributed by atoms with Crippen molar-refractivity contribution in [3.63, 3.8) is 0 Å². The summed E-state index contributed by atoms with van der Waals surface area (Å²) in [6.07, 6.45) is 0.492. The molecule has 0 bridgehead atoms. The molecule has 0 spiro atoms. The molecule has 0 radical (unpaired) electrons. The number of methoxy groups -OCH3 is 1. The number of amides is 2. The number of para-hydroxylation sites is 2. The van der Waals surface area contributed by atoms with Crippen molar-refractivity contribution in [2.45, 2.75) is 40.0 Å². The van der Waals surface area contributed by atoms with Gasteiger partial charge in [-0.1, -0.05) is 62.7 Å². The van der Waals surface area contributed by atoms with Crippen LogP contribution in [0.1, 0.15) is 44.2 Å². The second kappa shape index (κ2) is 10.3. The summed E-state index contributed by atoms with van der Waals surface area (Å²) in [5.74, 6) is 0.987. The zero-order valence-electron chi connectivity index (χ0n) is 21.8. The second-order valence-corrected chi connectivity index (χ2v) is 11.1. The number of piperazine rings is 1. The Bertz CT molecular complexity index is 1040. The third-order valence-corrected chi connectivity index (χ3v) is 7.19. The summed E-state index contributed by atoms with van der Waals surface area (Å²) in [5, 5.41) is 0. The lowest BCUT2D eigenvalue weighted by atomic mass is 9.87. The molecule has 6 nitrogen and oxygen atoms in total. The third kappa shape index (κ3) is 5.80. The minimum atomic E-state index is -0.209. The van der Waals surface area contributed by atoms with E-state index < -0.39 is 0 Å². The molecule has 2 heterocycles.